The Bertz CT molecular complexity index is 141. The number of nitrogens with two attached hydrogens (primary N) is 1. The Morgan fingerprint density at radius 2 is 1.83 bits per heavy atom. The van der Waals surface area contributed by atoms with Gasteiger partial charge in [0.15, 0.2) is 0 Å². The minimum Gasteiger partial charge on any atom is -0.326 e. The molecule has 2 nitrogen and oxygen atoms in total. The topological polar surface area (TPSA) is 38.0 Å². The van der Waals surface area contributed by atoms with Gasteiger partial charge in [0.1, 0.15) is 0 Å². The summed E-state index contributed by atoms with van der Waals surface area (Å²) >= 11 is 0. The molecule has 2 atom stereocenters. The molecule has 1 aliphatic carbocycles. The highest BCUT2D eigenvalue weighted by molar-refractivity contribution is 4.87. The lowest BCUT2D eigenvalue weighted by Gasteiger charge is -2.33. The highest BCUT2D eigenvalue weighted by Gasteiger charge is 2.30. The lowest BCUT2D eigenvalue weighted by Crippen LogP contribution is -2.48. The van der Waals surface area contributed by atoms with Gasteiger partial charge in [-0.3, -0.25) is 0 Å². The molecule has 0 radical (unpaired) electrons. The van der Waals surface area contributed by atoms with Gasteiger partial charge in [0.2, 0.25) is 0 Å². The normalized spacial score (nSPS) is 38.8. The van der Waals surface area contributed by atoms with E-state index in [0.717, 1.165) is 18.4 Å². The first-order valence-corrected chi connectivity index (χ1v) is 5.34. The summed E-state index contributed by atoms with van der Waals surface area (Å²) in [6, 6.07) is 0.432. The molecule has 2 aliphatic rings. The Morgan fingerprint density at radius 3 is 2.50 bits per heavy atom. The van der Waals surface area contributed by atoms with Gasteiger partial charge in [-0.25, -0.2) is 0 Å². The molecule has 2 rings (SSSR count). The lowest BCUT2D eigenvalue weighted by molar-refractivity contribution is 0.229. The second-order valence-electron chi connectivity index (χ2n) is 4.37. The van der Waals surface area contributed by atoms with Gasteiger partial charge in [0.25, 0.3) is 0 Å². The molecule has 70 valence electrons. The average molecular weight is 168 g/mol. The Labute approximate surface area is 74.9 Å². The molecule has 2 fully saturated rings. The molecule has 1 heterocycles. The van der Waals surface area contributed by atoms with Crippen LogP contribution < -0.4 is 11.1 Å². The summed E-state index contributed by atoms with van der Waals surface area (Å²) in [5.41, 5.74) is 6.10. The van der Waals surface area contributed by atoms with Crippen molar-refractivity contribution in [3.8, 4) is 0 Å². The monoisotopic (exact) mass is 168 g/mol. The molecule has 1 saturated heterocycles. The van der Waals surface area contributed by atoms with Crippen LogP contribution in [0.4, 0.5) is 0 Å². The first-order chi connectivity index (χ1) is 5.88. The van der Waals surface area contributed by atoms with Crippen LogP contribution in [0.15, 0.2) is 0 Å². The van der Waals surface area contributed by atoms with Crippen molar-refractivity contribution >= 4 is 0 Å². The van der Waals surface area contributed by atoms with Crippen LogP contribution in [-0.2, 0) is 0 Å². The summed E-state index contributed by atoms with van der Waals surface area (Å²) in [6.45, 7) is 2.23. The second kappa shape index (κ2) is 3.75. The third kappa shape index (κ3) is 1.64. The van der Waals surface area contributed by atoms with E-state index >= 15 is 0 Å². The summed E-state index contributed by atoms with van der Waals surface area (Å²) in [6.07, 6.45) is 7.09. The molecule has 0 aromatic rings. The van der Waals surface area contributed by atoms with Gasteiger partial charge in [-0.2, -0.15) is 0 Å². The van der Waals surface area contributed by atoms with Gasteiger partial charge >= 0.3 is 0 Å². The number of hydrogen-bond acceptors (Lipinski definition) is 2. The predicted octanol–water partition coefficient (Wildman–Crippen LogP) is 1.11. The van der Waals surface area contributed by atoms with Crippen molar-refractivity contribution in [3.05, 3.63) is 0 Å². The minimum atomic E-state index is 0.432. The first kappa shape index (κ1) is 8.52. The molecular formula is C10H20N2. The maximum Gasteiger partial charge on any atom is 0.0197 e. The molecule has 12 heavy (non-hydrogen) atoms. The number of piperidine rings is 1. The van der Waals surface area contributed by atoms with Crippen molar-refractivity contribution in [2.75, 3.05) is 13.1 Å². The lowest BCUT2D eigenvalue weighted by atomic mass is 9.81. The van der Waals surface area contributed by atoms with E-state index in [1.54, 1.807) is 0 Å². The first-order valence-electron chi connectivity index (χ1n) is 5.34. The maximum atomic E-state index is 6.10. The average Bonchev–Trinajstić information content (AvgIpc) is 2.57. The van der Waals surface area contributed by atoms with Gasteiger partial charge in [-0.15, -0.1) is 0 Å². The smallest absolute Gasteiger partial charge is 0.0197 e. The third-order valence-corrected chi connectivity index (χ3v) is 3.59. The van der Waals surface area contributed by atoms with Gasteiger partial charge in [0.05, 0.1) is 0 Å². The highest BCUT2D eigenvalue weighted by Crippen LogP contribution is 2.35. The molecule has 1 saturated carbocycles. The van der Waals surface area contributed by atoms with Crippen LogP contribution in [0.3, 0.4) is 0 Å². The zero-order chi connectivity index (χ0) is 8.39. The molecule has 0 aromatic heterocycles. The molecule has 0 spiro atoms. The van der Waals surface area contributed by atoms with E-state index < -0.39 is 0 Å². The fourth-order valence-corrected chi connectivity index (χ4v) is 2.87. The van der Waals surface area contributed by atoms with Gasteiger partial charge in [0, 0.05) is 12.6 Å². The maximum absolute atomic E-state index is 6.10. The summed E-state index contributed by atoms with van der Waals surface area (Å²) in [4.78, 5) is 0. The van der Waals surface area contributed by atoms with E-state index in [1.165, 1.54) is 38.6 Å². The summed E-state index contributed by atoms with van der Waals surface area (Å²) in [7, 11) is 0. The standard InChI is InChI=1S/C10H20N2/c11-10-7-12-6-5-9(10)8-3-1-2-4-8/h8-10,12H,1-7,11H2. The molecule has 0 bridgehead atoms. The van der Waals surface area contributed by atoms with Gasteiger partial charge in [-0.05, 0) is 24.8 Å². The number of rotatable bonds is 1. The van der Waals surface area contributed by atoms with E-state index in [4.69, 9.17) is 5.73 Å². The number of nitrogens with one attached hydrogen (secondary N) is 1. The molecule has 0 aromatic carbocycles. The molecular weight excluding hydrogens is 148 g/mol. The van der Waals surface area contributed by atoms with Crippen molar-refractivity contribution < 1.29 is 0 Å². The van der Waals surface area contributed by atoms with E-state index in [2.05, 4.69) is 5.32 Å². The summed E-state index contributed by atoms with van der Waals surface area (Å²) < 4.78 is 0. The van der Waals surface area contributed by atoms with Crippen LogP contribution in [0, 0.1) is 11.8 Å². The molecule has 3 N–H and O–H groups in total. The van der Waals surface area contributed by atoms with Crippen LogP contribution in [0.5, 0.6) is 0 Å². The van der Waals surface area contributed by atoms with Crippen molar-refractivity contribution in [2.24, 2.45) is 17.6 Å². The van der Waals surface area contributed by atoms with Gasteiger partial charge < -0.3 is 11.1 Å². The number of hydrogen-bond donors (Lipinski definition) is 2. The largest absolute Gasteiger partial charge is 0.326 e. The van der Waals surface area contributed by atoms with E-state index in [9.17, 15) is 0 Å². The van der Waals surface area contributed by atoms with Crippen LogP contribution in [-0.4, -0.2) is 19.1 Å². The van der Waals surface area contributed by atoms with Crippen molar-refractivity contribution in [1.82, 2.24) is 5.32 Å². The van der Waals surface area contributed by atoms with Gasteiger partial charge in [-0.1, -0.05) is 25.7 Å². The molecule has 2 heteroatoms. The Morgan fingerprint density at radius 1 is 1.08 bits per heavy atom. The summed E-state index contributed by atoms with van der Waals surface area (Å²) in [5, 5.41) is 3.36. The Balaban J connectivity index is 1.91. The van der Waals surface area contributed by atoms with Crippen LogP contribution in [0.2, 0.25) is 0 Å². The van der Waals surface area contributed by atoms with E-state index in [1.807, 2.05) is 0 Å². The quantitative estimate of drug-likeness (QED) is 0.615. The second-order valence-corrected chi connectivity index (χ2v) is 4.37. The van der Waals surface area contributed by atoms with Crippen LogP contribution in [0.25, 0.3) is 0 Å². The van der Waals surface area contributed by atoms with E-state index in [-0.39, 0.29) is 0 Å². The van der Waals surface area contributed by atoms with Crippen molar-refractivity contribution in [1.29, 1.82) is 0 Å². The van der Waals surface area contributed by atoms with Crippen LogP contribution in [0.1, 0.15) is 32.1 Å². The molecule has 0 amide bonds. The zero-order valence-corrected chi connectivity index (χ0v) is 7.76. The summed E-state index contributed by atoms with van der Waals surface area (Å²) in [5.74, 6) is 1.79. The molecule has 1 aliphatic heterocycles. The van der Waals surface area contributed by atoms with Crippen LogP contribution >= 0.6 is 0 Å². The van der Waals surface area contributed by atoms with Crippen molar-refractivity contribution in [3.63, 3.8) is 0 Å². The molecule has 2 unspecified atom stereocenters. The predicted molar refractivity (Wildman–Crippen MR) is 50.9 cm³/mol. The Hall–Kier alpha value is -0.0800. The fraction of sp³-hybridized carbons (Fsp3) is 1.00. The minimum absolute atomic E-state index is 0.432. The SMILES string of the molecule is NC1CNCCC1C1CCCC1. The Kier molecular flexibility index (Phi) is 2.66. The van der Waals surface area contributed by atoms with Crippen molar-refractivity contribution in [2.45, 2.75) is 38.1 Å². The zero-order valence-electron chi connectivity index (χ0n) is 7.76. The van der Waals surface area contributed by atoms with E-state index in [0.29, 0.717) is 6.04 Å². The fourth-order valence-electron chi connectivity index (χ4n) is 2.87. The highest BCUT2D eigenvalue weighted by atomic mass is 14.9. The third-order valence-electron chi connectivity index (χ3n) is 3.59.